The number of halogens is 1. The minimum absolute atomic E-state index is 0.0540. The third kappa shape index (κ3) is 5.03. The van der Waals surface area contributed by atoms with Crippen LogP contribution in [0, 0.1) is 0 Å². The molecule has 0 aliphatic carbocycles. The van der Waals surface area contributed by atoms with Crippen molar-refractivity contribution in [3.05, 3.63) is 46.6 Å². The lowest BCUT2D eigenvalue weighted by Crippen LogP contribution is -2.46. The van der Waals surface area contributed by atoms with E-state index < -0.39 is 0 Å². The summed E-state index contributed by atoms with van der Waals surface area (Å²) in [5.74, 6) is 0.879. The first-order valence-electron chi connectivity index (χ1n) is 8.68. The van der Waals surface area contributed by atoms with Crippen LogP contribution in [0.15, 0.2) is 28.8 Å². The molecular weight excluding hydrogens is 358 g/mol. The lowest BCUT2D eigenvalue weighted by molar-refractivity contribution is -0.146. The molecule has 1 aromatic carbocycles. The largest absolute Gasteiger partial charge is 0.466 e. The molecule has 1 aliphatic rings. The topological polar surface area (TPSA) is 77.7 Å². The maximum atomic E-state index is 11.8. The molecule has 1 unspecified atom stereocenters. The Morgan fingerprint density at radius 1 is 1.42 bits per heavy atom. The zero-order valence-electron chi connectivity index (χ0n) is 14.7. The number of hydrogen-bond donors (Lipinski definition) is 0. The number of morpholine rings is 1. The van der Waals surface area contributed by atoms with Crippen molar-refractivity contribution in [1.82, 2.24) is 15.0 Å². The summed E-state index contributed by atoms with van der Waals surface area (Å²) in [6.07, 6.45) is 0.799. The first-order valence-corrected chi connectivity index (χ1v) is 9.05. The molecular formula is C18H22ClN3O4. The van der Waals surface area contributed by atoms with Crippen molar-refractivity contribution in [3.63, 3.8) is 0 Å². The molecule has 2 heterocycles. The normalized spacial score (nSPS) is 18.0. The number of nitrogens with zero attached hydrogens (tertiary/aromatic N) is 3. The van der Waals surface area contributed by atoms with Crippen molar-refractivity contribution in [2.75, 3.05) is 26.4 Å². The molecule has 0 saturated carbocycles. The van der Waals surface area contributed by atoms with Crippen LogP contribution >= 0.6 is 11.6 Å². The lowest BCUT2D eigenvalue weighted by Gasteiger charge is -2.33. The quantitative estimate of drug-likeness (QED) is 0.684. The summed E-state index contributed by atoms with van der Waals surface area (Å²) in [6.45, 7) is 4.45. The Balaban J connectivity index is 1.61. The van der Waals surface area contributed by atoms with Gasteiger partial charge in [0, 0.05) is 24.0 Å². The molecule has 0 radical (unpaired) electrons. The van der Waals surface area contributed by atoms with Gasteiger partial charge in [-0.2, -0.15) is 4.98 Å². The fraction of sp³-hybridized carbons (Fsp3) is 0.500. The van der Waals surface area contributed by atoms with Gasteiger partial charge >= 0.3 is 5.97 Å². The number of rotatable bonds is 7. The summed E-state index contributed by atoms with van der Waals surface area (Å²) < 4.78 is 15.9. The van der Waals surface area contributed by atoms with Crippen LogP contribution in [0.4, 0.5) is 0 Å². The van der Waals surface area contributed by atoms with Crippen molar-refractivity contribution in [3.8, 4) is 0 Å². The number of aromatic nitrogens is 2. The average molecular weight is 380 g/mol. The number of carbonyl (C=O) groups excluding carboxylic acids is 1. The minimum Gasteiger partial charge on any atom is -0.466 e. The maximum Gasteiger partial charge on any atom is 0.307 e. The minimum atomic E-state index is -0.224. The fourth-order valence-electron chi connectivity index (χ4n) is 2.91. The zero-order chi connectivity index (χ0) is 18.4. The molecule has 1 fully saturated rings. The highest BCUT2D eigenvalue weighted by Gasteiger charge is 2.27. The van der Waals surface area contributed by atoms with Gasteiger partial charge in [0.15, 0.2) is 5.82 Å². The Kier molecular flexibility index (Phi) is 6.60. The van der Waals surface area contributed by atoms with Crippen molar-refractivity contribution < 1.29 is 18.8 Å². The van der Waals surface area contributed by atoms with E-state index in [4.69, 9.17) is 25.6 Å². The van der Waals surface area contributed by atoms with Crippen LogP contribution in [0.3, 0.4) is 0 Å². The van der Waals surface area contributed by atoms with Crippen LogP contribution in [0.25, 0.3) is 0 Å². The van der Waals surface area contributed by atoms with E-state index in [2.05, 4.69) is 15.0 Å². The van der Waals surface area contributed by atoms with Crippen LogP contribution in [0.2, 0.25) is 5.02 Å². The van der Waals surface area contributed by atoms with E-state index in [9.17, 15) is 4.79 Å². The average Bonchev–Trinajstić information content (AvgIpc) is 3.06. The van der Waals surface area contributed by atoms with Crippen molar-refractivity contribution in [2.24, 2.45) is 0 Å². The molecule has 0 amide bonds. The van der Waals surface area contributed by atoms with Crippen LogP contribution in [-0.2, 0) is 27.2 Å². The van der Waals surface area contributed by atoms with E-state index in [0.717, 1.165) is 5.56 Å². The summed E-state index contributed by atoms with van der Waals surface area (Å²) in [4.78, 5) is 18.4. The Labute approximate surface area is 157 Å². The second-order valence-corrected chi connectivity index (χ2v) is 6.49. The summed E-state index contributed by atoms with van der Waals surface area (Å²) >= 11 is 6.18. The molecule has 140 valence electrons. The molecule has 0 spiro atoms. The van der Waals surface area contributed by atoms with E-state index in [-0.39, 0.29) is 18.4 Å². The monoisotopic (exact) mass is 379 g/mol. The standard InChI is InChI=1S/C18H22ClN3O4/c1-2-25-18(23)10-14-12-24-8-7-22(14)11-17-20-16(21-26-17)9-13-5-3-4-6-15(13)19/h3-6,14H,2,7-12H2,1H3. The second-order valence-electron chi connectivity index (χ2n) is 6.08. The van der Waals surface area contributed by atoms with Gasteiger partial charge in [0.05, 0.1) is 32.8 Å². The summed E-state index contributed by atoms with van der Waals surface area (Å²) in [5, 5.41) is 4.72. The van der Waals surface area contributed by atoms with Gasteiger partial charge in [-0.1, -0.05) is 35.0 Å². The number of benzene rings is 1. The van der Waals surface area contributed by atoms with Gasteiger partial charge in [-0.15, -0.1) is 0 Å². The highest BCUT2D eigenvalue weighted by molar-refractivity contribution is 6.31. The van der Waals surface area contributed by atoms with Crippen molar-refractivity contribution in [2.45, 2.75) is 32.4 Å². The molecule has 8 heteroatoms. The molecule has 1 aromatic heterocycles. The van der Waals surface area contributed by atoms with Gasteiger partial charge in [-0.05, 0) is 18.6 Å². The Morgan fingerprint density at radius 3 is 3.08 bits per heavy atom. The van der Waals surface area contributed by atoms with Gasteiger partial charge in [0.2, 0.25) is 5.89 Å². The van der Waals surface area contributed by atoms with E-state index in [1.165, 1.54) is 0 Å². The SMILES string of the molecule is CCOC(=O)CC1COCCN1Cc1nc(Cc2ccccc2Cl)no1. The van der Waals surface area contributed by atoms with Gasteiger partial charge in [0.25, 0.3) is 0 Å². The lowest BCUT2D eigenvalue weighted by atomic mass is 10.1. The highest BCUT2D eigenvalue weighted by Crippen LogP contribution is 2.19. The first kappa shape index (κ1) is 18.8. The van der Waals surface area contributed by atoms with E-state index in [1.807, 2.05) is 24.3 Å². The van der Waals surface area contributed by atoms with Gasteiger partial charge < -0.3 is 14.0 Å². The van der Waals surface area contributed by atoms with Crippen molar-refractivity contribution in [1.29, 1.82) is 0 Å². The number of carbonyl (C=O) groups is 1. The number of hydrogen-bond acceptors (Lipinski definition) is 7. The Bertz CT molecular complexity index is 737. The summed E-state index contributed by atoms with van der Waals surface area (Å²) in [6, 6.07) is 7.54. The third-order valence-corrected chi connectivity index (χ3v) is 4.58. The zero-order valence-corrected chi connectivity index (χ0v) is 15.4. The Morgan fingerprint density at radius 2 is 2.27 bits per heavy atom. The van der Waals surface area contributed by atoms with Crippen molar-refractivity contribution >= 4 is 17.6 Å². The predicted molar refractivity (Wildman–Crippen MR) is 94.8 cm³/mol. The van der Waals surface area contributed by atoms with Gasteiger partial charge in [-0.3, -0.25) is 9.69 Å². The molecule has 26 heavy (non-hydrogen) atoms. The molecule has 3 rings (SSSR count). The Hall–Kier alpha value is -1.96. The van der Waals surface area contributed by atoms with Crippen LogP contribution in [-0.4, -0.2) is 53.4 Å². The number of esters is 1. The molecule has 0 bridgehead atoms. The van der Waals surface area contributed by atoms with E-state index in [1.54, 1.807) is 6.92 Å². The molecule has 1 aliphatic heterocycles. The summed E-state index contributed by atoms with van der Waals surface area (Å²) in [7, 11) is 0. The third-order valence-electron chi connectivity index (χ3n) is 4.21. The number of ether oxygens (including phenoxy) is 2. The first-order chi connectivity index (χ1) is 12.7. The van der Waals surface area contributed by atoms with Gasteiger partial charge in [0.1, 0.15) is 0 Å². The molecule has 1 saturated heterocycles. The van der Waals surface area contributed by atoms with Gasteiger partial charge in [-0.25, -0.2) is 0 Å². The predicted octanol–water partition coefficient (Wildman–Crippen LogP) is 2.47. The molecule has 1 atom stereocenters. The van der Waals surface area contributed by atoms with E-state index in [0.29, 0.717) is 56.1 Å². The molecule has 0 N–H and O–H groups in total. The molecule has 2 aromatic rings. The smallest absolute Gasteiger partial charge is 0.307 e. The van der Waals surface area contributed by atoms with E-state index >= 15 is 0 Å². The van der Waals surface area contributed by atoms with Crippen LogP contribution in [0.5, 0.6) is 0 Å². The summed E-state index contributed by atoms with van der Waals surface area (Å²) in [5.41, 5.74) is 0.952. The second kappa shape index (κ2) is 9.12. The van der Waals surface area contributed by atoms with Crippen LogP contribution in [0.1, 0.15) is 30.6 Å². The fourth-order valence-corrected chi connectivity index (χ4v) is 3.11. The van der Waals surface area contributed by atoms with Crippen LogP contribution < -0.4 is 0 Å². The molecule has 7 nitrogen and oxygen atoms in total. The maximum absolute atomic E-state index is 11.8. The highest BCUT2D eigenvalue weighted by atomic mass is 35.5.